The predicted octanol–water partition coefficient (Wildman–Crippen LogP) is 0.359. The van der Waals surface area contributed by atoms with Gasteiger partial charge in [0.2, 0.25) is 5.91 Å². The number of aliphatic carboxylic acids is 1. The molecule has 0 aromatic carbocycles. The van der Waals surface area contributed by atoms with Crippen LogP contribution in [0, 0.1) is 11.8 Å². The molecule has 1 aliphatic heterocycles. The number of nitrogens with one attached hydrogen (secondary N) is 1. The molecule has 0 aromatic rings. The van der Waals surface area contributed by atoms with Gasteiger partial charge < -0.3 is 20.2 Å². The summed E-state index contributed by atoms with van der Waals surface area (Å²) in [6.45, 7) is 1.08. The highest BCUT2D eigenvalue weighted by Crippen LogP contribution is 2.33. The standard InChI is InChI=1S/C14H23N3O4/c1-16(2)14(21)17-7-5-10(6-8-17)12(18)15-11(13(19)20)9-3-4-9/h9-11H,3-8H2,1-2H3,(H,15,18)(H,19,20). The van der Waals surface area contributed by atoms with E-state index in [4.69, 9.17) is 5.11 Å². The zero-order valence-corrected chi connectivity index (χ0v) is 12.5. The summed E-state index contributed by atoms with van der Waals surface area (Å²) in [5, 5.41) is 11.8. The van der Waals surface area contributed by atoms with E-state index in [9.17, 15) is 14.4 Å². The van der Waals surface area contributed by atoms with Crippen molar-refractivity contribution in [2.75, 3.05) is 27.2 Å². The molecule has 7 nitrogen and oxygen atoms in total. The maximum absolute atomic E-state index is 12.2. The number of carboxylic acid groups (broad SMARTS) is 1. The highest BCUT2D eigenvalue weighted by Gasteiger charge is 2.38. The van der Waals surface area contributed by atoms with Crippen LogP contribution in [-0.4, -0.2) is 66.0 Å². The third-order valence-corrected chi connectivity index (χ3v) is 4.18. The van der Waals surface area contributed by atoms with E-state index in [1.54, 1.807) is 19.0 Å². The van der Waals surface area contributed by atoms with E-state index in [2.05, 4.69) is 5.32 Å². The van der Waals surface area contributed by atoms with E-state index in [1.165, 1.54) is 4.90 Å². The molecule has 1 unspecified atom stereocenters. The van der Waals surface area contributed by atoms with Gasteiger partial charge in [0.25, 0.3) is 0 Å². The minimum absolute atomic E-state index is 0.0461. The van der Waals surface area contributed by atoms with Gasteiger partial charge in [-0.1, -0.05) is 0 Å². The molecule has 1 atom stereocenters. The first-order valence-electron chi connectivity index (χ1n) is 7.39. The molecule has 1 aliphatic carbocycles. The summed E-state index contributed by atoms with van der Waals surface area (Å²) in [7, 11) is 3.41. The van der Waals surface area contributed by atoms with Crippen LogP contribution in [0.25, 0.3) is 0 Å². The lowest BCUT2D eigenvalue weighted by atomic mass is 9.95. The van der Waals surface area contributed by atoms with Crippen molar-refractivity contribution in [1.29, 1.82) is 0 Å². The largest absolute Gasteiger partial charge is 0.480 e. The Morgan fingerprint density at radius 3 is 2.14 bits per heavy atom. The Morgan fingerprint density at radius 1 is 1.14 bits per heavy atom. The molecule has 2 N–H and O–H groups in total. The summed E-state index contributed by atoms with van der Waals surface area (Å²) in [5.41, 5.74) is 0. The minimum atomic E-state index is -0.953. The fourth-order valence-corrected chi connectivity index (χ4v) is 2.70. The van der Waals surface area contributed by atoms with Crippen LogP contribution >= 0.6 is 0 Å². The van der Waals surface area contributed by atoms with E-state index in [1.807, 2.05) is 0 Å². The molecule has 2 aliphatic rings. The summed E-state index contributed by atoms with van der Waals surface area (Å²) in [6, 6.07) is -0.797. The smallest absolute Gasteiger partial charge is 0.326 e. The van der Waals surface area contributed by atoms with E-state index in [0.29, 0.717) is 25.9 Å². The number of nitrogens with zero attached hydrogens (tertiary/aromatic N) is 2. The molecule has 2 rings (SSSR count). The van der Waals surface area contributed by atoms with Gasteiger partial charge in [-0.2, -0.15) is 0 Å². The summed E-state index contributed by atoms with van der Waals surface area (Å²) >= 11 is 0. The molecule has 0 aromatic heterocycles. The van der Waals surface area contributed by atoms with Crippen molar-refractivity contribution in [3.05, 3.63) is 0 Å². The Balaban J connectivity index is 1.82. The molecule has 0 radical (unpaired) electrons. The number of urea groups is 1. The van der Waals surface area contributed by atoms with Gasteiger partial charge >= 0.3 is 12.0 Å². The Bertz CT molecular complexity index is 426. The van der Waals surface area contributed by atoms with Crippen molar-refractivity contribution < 1.29 is 19.5 Å². The van der Waals surface area contributed by atoms with Gasteiger partial charge in [0.15, 0.2) is 0 Å². The average molecular weight is 297 g/mol. The Morgan fingerprint density at radius 2 is 1.71 bits per heavy atom. The third kappa shape index (κ3) is 3.86. The van der Waals surface area contributed by atoms with Crippen molar-refractivity contribution in [3.8, 4) is 0 Å². The van der Waals surface area contributed by atoms with Crippen LogP contribution in [0.1, 0.15) is 25.7 Å². The maximum Gasteiger partial charge on any atom is 0.326 e. The highest BCUT2D eigenvalue weighted by molar-refractivity contribution is 5.85. The molecule has 1 saturated heterocycles. The van der Waals surface area contributed by atoms with Gasteiger partial charge in [-0.15, -0.1) is 0 Å². The first kappa shape index (κ1) is 15.6. The number of piperidine rings is 1. The van der Waals surface area contributed by atoms with Gasteiger partial charge in [-0.3, -0.25) is 4.79 Å². The molecular weight excluding hydrogens is 274 g/mol. The summed E-state index contributed by atoms with van der Waals surface area (Å²) in [6.07, 6.45) is 2.91. The van der Waals surface area contributed by atoms with Crippen LogP contribution in [0.5, 0.6) is 0 Å². The van der Waals surface area contributed by atoms with Crippen LogP contribution in [-0.2, 0) is 9.59 Å². The van der Waals surface area contributed by atoms with Gasteiger partial charge in [-0.05, 0) is 31.6 Å². The van der Waals surface area contributed by atoms with E-state index in [-0.39, 0.29) is 23.8 Å². The molecule has 1 heterocycles. The monoisotopic (exact) mass is 297 g/mol. The Hall–Kier alpha value is -1.79. The lowest BCUT2D eigenvalue weighted by molar-refractivity contribution is -0.143. The van der Waals surface area contributed by atoms with E-state index >= 15 is 0 Å². The normalized spacial score (nSPS) is 20.8. The van der Waals surface area contributed by atoms with Crippen molar-refractivity contribution in [1.82, 2.24) is 15.1 Å². The first-order chi connectivity index (χ1) is 9.90. The Labute approximate surface area is 124 Å². The number of hydrogen-bond acceptors (Lipinski definition) is 3. The molecule has 3 amide bonds. The second-order valence-corrected chi connectivity index (χ2v) is 6.10. The fraction of sp³-hybridized carbons (Fsp3) is 0.786. The Kier molecular flexibility index (Phi) is 4.69. The lowest BCUT2D eigenvalue weighted by Crippen LogP contribution is -2.49. The number of likely N-dealkylation sites (tertiary alicyclic amines) is 1. The third-order valence-electron chi connectivity index (χ3n) is 4.18. The van der Waals surface area contributed by atoms with Crippen molar-refractivity contribution >= 4 is 17.9 Å². The lowest BCUT2D eigenvalue weighted by Gasteiger charge is -2.33. The van der Waals surface area contributed by atoms with E-state index < -0.39 is 12.0 Å². The molecule has 21 heavy (non-hydrogen) atoms. The SMILES string of the molecule is CN(C)C(=O)N1CCC(C(=O)NC(C(=O)O)C2CC2)CC1. The molecule has 7 heteroatoms. The van der Waals surface area contributed by atoms with E-state index in [0.717, 1.165) is 12.8 Å². The minimum Gasteiger partial charge on any atom is -0.480 e. The quantitative estimate of drug-likeness (QED) is 0.784. The van der Waals surface area contributed by atoms with Gasteiger partial charge in [0.05, 0.1) is 0 Å². The van der Waals surface area contributed by atoms with Crippen LogP contribution in [0.3, 0.4) is 0 Å². The molecule has 0 bridgehead atoms. The number of carboxylic acids is 1. The fourth-order valence-electron chi connectivity index (χ4n) is 2.70. The van der Waals surface area contributed by atoms with Crippen molar-refractivity contribution in [3.63, 3.8) is 0 Å². The number of carbonyl (C=O) groups is 3. The van der Waals surface area contributed by atoms with Crippen LogP contribution in [0.4, 0.5) is 4.79 Å². The summed E-state index contributed by atoms with van der Waals surface area (Å²) in [5.74, 6) is -1.25. The number of rotatable bonds is 4. The molecule has 2 fully saturated rings. The summed E-state index contributed by atoms with van der Waals surface area (Å²) in [4.78, 5) is 38.4. The van der Waals surface area contributed by atoms with Gasteiger partial charge in [-0.25, -0.2) is 9.59 Å². The predicted molar refractivity (Wildman–Crippen MR) is 75.7 cm³/mol. The second kappa shape index (κ2) is 6.32. The number of carbonyl (C=O) groups excluding carboxylic acids is 2. The molecule has 118 valence electrons. The highest BCUT2D eigenvalue weighted by atomic mass is 16.4. The summed E-state index contributed by atoms with van der Waals surface area (Å²) < 4.78 is 0. The zero-order chi connectivity index (χ0) is 15.6. The van der Waals surface area contributed by atoms with Crippen LogP contribution in [0.2, 0.25) is 0 Å². The van der Waals surface area contributed by atoms with Crippen molar-refractivity contribution in [2.24, 2.45) is 11.8 Å². The number of amides is 3. The molecule has 1 saturated carbocycles. The average Bonchev–Trinajstić information content (AvgIpc) is 3.27. The first-order valence-corrected chi connectivity index (χ1v) is 7.39. The zero-order valence-electron chi connectivity index (χ0n) is 12.5. The van der Waals surface area contributed by atoms with Crippen LogP contribution < -0.4 is 5.32 Å². The van der Waals surface area contributed by atoms with Crippen molar-refractivity contribution in [2.45, 2.75) is 31.7 Å². The maximum atomic E-state index is 12.2. The molecular formula is C14H23N3O4. The van der Waals surface area contributed by atoms with Gasteiger partial charge in [0.1, 0.15) is 6.04 Å². The topological polar surface area (TPSA) is 90.0 Å². The number of hydrogen-bond donors (Lipinski definition) is 2. The molecule has 0 spiro atoms. The van der Waals surface area contributed by atoms with Crippen LogP contribution in [0.15, 0.2) is 0 Å². The second-order valence-electron chi connectivity index (χ2n) is 6.10. The van der Waals surface area contributed by atoms with Gasteiger partial charge in [0, 0.05) is 33.1 Å².